The van der Waals surface area contributed by atoms with Crippen LogP contribution in [0.1, 0.15) is 40.5 Å². The summed E-state index contributed by atoms with van der Waals surface area (Å²) in [6, 6.07) is 2.15. The molecule has 1 rings (SSSR count). The summed E-state index contributed by atoms with van der Waals surface area (Å²) in [6.45, 7) is 11.9. The summed E-state index contributed by atoms with van der Waals surface area (Å²) >= 11 is 1.96. The molecule has 0 aromatic carbocycles. The Hall–Kier alpha value is 0.270. The Labute approximate surface area is 112 Å². The Balaban J connectivity index is 2.49. The molecular formula is C14H30N2S. The topological polar surface area (TPSA) is 15.3 Å². The van der Waals surface area contributed by atoms with Gasteiger partial charge in [0.2, 0.25) is 0 Å². The van der Waals surface area contributed by atoms with Gasteiger partial charge in [-0.1, -0.05) is 13.8 Å². The summed E-state index contributed by atoms with van der Waals surface area (Å²) in [5.41, 5.74) is 0. The fraction of sp³-hybridized carbons (Fsp3) is 1.00. The number of hydrogen-bond acceptors (Lipinski definition) is 3. The molecule has 0 bridgehead atoms. The van der Waals surface area contributed by atoms with Gasteiger partial charge in [-0.25, -0.2) is 0 Å². The molecule has 4 atom stereocenters. The van der Waals surface area contributed by atoms with E-state index in [0.717, 1.165) is 18.0 Å². The van der Waals surface area contributed by atoms with E-state index in [0.29, 0.717) is 6.04 Å². The highest BCUT2D eigenvalue weighted by Crippen LogP contribution is 2.26. The van der Waals surface area contributed by atoms with Crippen molar-refractivity contribution in [1.82, 2.24) is 10.2 Å². The first-order valence-corrected chi connectivity index (χ1v) is 8.49. The lowest BCUT2D eigenvalue weighted by molar-refractivity contribution is 0.0607. The number of rotatable bonds is 6. The third kappa shape index (κ3) is 4.15. The molecule has 0 radical (unpaired) electrons. The molecule has 4 unspecified atom stereocenters. The third-order valence-electron chi connectivity index (χ3n) is 4.25. The monoisotopic (exact) mass is 258 g/mol. The Bertz CT molecular complexity index is 210. The maximum Gasteiger partial charge on any atom is 0.0160 e. The van der Waals surface area contributed by atoms with Crippen molar-refractivity contribution in [3.05, 3.63) is 0 Å². The number of piperidine rings is 1. The largest absolute Gasteiger partial charge is 0.314 e. The van der Waals surface area contributed by atoms with Crippen molar-refractivity contribution >= 4 is 11.8 Å². The van der Waals surface area contributed by atoms with Crippen LogP contribution in [0, 0.1) is 5.92 Å². The molecule has 0 aliphatic carbocycles. The van der Waals surface area contributed by atoms with E-state index in [2.05, 4.69) is 44.2 Å². The molecule has 0 spiro atoms. The van der Waals surface area contributed by atoms with E-state index in [4.69, 9.17) is 0 Å². The number of thioether (sulfide) groups is 1. The van der Waals surface area contributed by atoms with Crippen LogP contribution in [-0.2, 0) is 0 Å². The highest BCUT2D eigenvalue weighted by atomic mass is 32.2. The molecule has 0 amide bonds. The highest BCUT2D eigenvalue weighted by Gasteiger charge is 2.33. The quantitative estimate of drug-likeness (QED) is 0.789. The minimum absolute atomic E-state index is 0.709. The molecule has 1 aliphatic rings. The smallest absolute Gasteiger partial charge is 0.0160 e. The van der Waals surface area contributed by atoms with Crippen molar-refractivity contribution in [1.29, 1.82) is 0 Å². The lowest BCUT2D eigenvalue weighted by atomic mass is 9.86. The van der Waals surface area contributed by atoms with Crippen LogP contribution in [0.2, 0.25) is 0 Å². The zero-order chi connectivity index (χ0) is 12.8. The second-order valence-electron chi connectivity index (χ2n) is 5.49. The molecule has 17 heavy (non-hydrogen) atoms. The van der Waals surface area contributed by atoms with Crippen LogP contribution in [0.5, 0.6) is 0 Å². The van der Waals surface area contributed by atoms with Crippen molar-refractivity contribution in [3.8, 4) is 0 Å². The normalized spacial score (nSPS) is 32.6. The van der Waals surface area contributed by atoms with Crippen LogP contribution in [0.15, 0.2) is 0 Å². The number of likely N-dealkylation sites (tertiary alicyclic amines) is 1. The van der Waals surface area contributed by atoms with Gasteiger partial charge in [-0.3, -0.25) is 4.90 Å². The van der Waals surface area contributed by atoms with Gasteiger partial charge in [0.15, 0.2) is 0 Å². The van der Waals surface area contributed by atoms with Gasteiger partial charge in [0.25, 0.3) is 0 Å². The van der Waals surface area contributed by atoms with Crippen LogP contribution >= 0.6 is 11.8 Å². The maximum absolute atomic E-state index is 3.71. The van der Waals surface area contributed by atoms with Gasteiger partial charge in [-0.05, 0) is 45.4 Å². The third-order valence-corrected chi connectivity index (χ3v) is 5.06. The van der Waals surface area contributed by atoms with Gasteiger partial charge < -0.3 is 5.32 Å². The summed E-state index contributed by atoms with van der Waals surface area (Å²) in [6.07, 6.45) is 4.76. The lowest BCUT2D eigenvalue weighted by Gasteiger charge is -2.45. The summed E-state index contributed by atoms with van der Waals surface area (Å²) < 4.78 is 0. The van der Waals surface area contributed by atoms with Crippen LogP contribution in [-0.4, -0.2) is 48.1 Å². The van der Waals surface area contributed by atoms with E-state index in [1.165, 1.54) is 31.7 Å². The minimum Gasteiger partial charge on any atom is -0.314 e. The van der Waals surface area contributed by atoms with Gasteiger partial charge in [0.05, 0.1) is 0 Å². The Kier molecular flexibility index (Phi) is 6.90. The zero-order valence-corrected chi connectivity index (χ0v) is 13.0. The predicted octanol–water partition coefficient (Wildman–Crippen LogP) is 2.84. The highest BCUT2D eigenvalue weighted by molar-refractivity contribution is 7.98. The molecule has 1 heterocycles. The summed E-state index contributed by atoms with van der Waals surface area (Å²) in [7, 11) is 0. The Morgan fingerprint density at radius 3 is 2.71 bits per heavy atom. The van der Waals surface area contributed by atoms with Crippen LogP contribution in [0.25, 0.3) is 0 Å². The summed E-state index contributed by atoms with van der Waals surface area (Å²) in [4.78, 5) is 2.70. The van der Waals surface area contributed by atoms with E-state index in [1.54, 1.807) is 0 Å². The second kappa shape index (κ2) is 7.65. The molecular weight excluding hydrogens is 228 g/mol. The average Bonchev–Trinajstić information content (AvgIpc) is 2.31. The zero-order valence-electron chi connectivity index (χ0n) is 12.2. The predicted molar refractivity (Wildman–Crippen MR) is 79.9 cm³/mol. The van der Waals surface area contributed by atoms with Crippen LogP contribution in [0.4, 0.5) is 0 Å². The molecule has 0 aromatic rings. The van der Waals surface area contributed by atoms with Gasteiger partial charge in [0.1, 0.15) is 0 Å². The van der Waals surface area contributed by atoms with Crippen molar-refractivity contribution in [2.75, 3.05) is 25.1 Å². The molecule has 0 saturated carbocycles. The summed E-state index contributed by atoms with van der Waals surface area (Å²) in [5, 5.41) is 3.71. The molecule has 3 heteroatoms. The van der Waals surface area contributed by atoms with Gasteiger partial charge in [-0.2, -0.15) is 11.8 Å². The van der Waals surface area contributed by atoms with E-state index >= 15 is 0 Å². The number of nitrogens with one attached hydrogen (secondary N) is 1. The van der Waals surface area contributed by atoms with Crippen molar-refractivity contribution in [2.45, 2.75) is 58.7 Å². The van der Waals surface area contributed by atoms with Crippen LogP contribution in [0.3, 0.4) is 0 Å². The maximum atomic E-state index is 3.71. The standard InChI is InChI=1S/C14H30N2S/c1-6-8-15-14-7-9-16(11(2)10-17-5)13(4)12(14)3/h11-15H,6-10H2,1-5H3. The van der Waals surface area contributed by atoms with Gasteiger partial charge in [0, 0.05) is 30.4 Å². The number of hydrogen-bond donors (Lipinski definition) is 1. The van der Waals surface area contributed by atoms with Gasteiger partial charge in [-0.15, -0.1) is 0 Å². The van der Waals surface area contributed by atoms with Gasteiger partial charge >= 0.3 is 0 Å². The molecule has 2 nitrogen and oxygen atoms in total. The first-order valence-electron chi connectivity index (χ1n) is 7.09. The SMILES string of the molecule is CCCNC1CCN(C(C)CSC)C(C)C1C. The first kappa shape index (κ1) is 15.3. The molecule has 102 valence electrons. The minimum atomic E-state index is 0.709. The van der Waals surface area contributed by atoms with E-state index in [1.807, 2.05) is 11.8 Å². The number of nitrogens with zero attached hydrogens (tertiary/aromatic N) is 1. The molecule has 1 fully saturated rings. The van der Waals surface area contributed by atoms with Crippen molar-refractivity contribution < 1.29 is 0 Å². The van der Waals surface area contributed by atoms with Crippen molar-refractivity contribution in [3.63, 3.8) is 0 Å². The summed E-state index contributed by atoms with van der Waals surface area (Å²) in [5.74, 6) is 2.02. The second-order valence-corrected chi connectivity index (χ2v) is 6.40. The van der Waals surface area contributed by atoms with Crippen LogP contribution < -0.4 is 5.32 Å². The van der Waals surface area contributed by atoms with Crippen molar-refractivity contribution in [2.24, 2.45) is 5.92 Å². The Morgan fingerprint density at radius 2 is 2.12 bits per heavy atom. The Morgan fingerprint density at radius 1 is 1.41 bits per heavy atom. The average molecular weight is 258 g/mol. The van der Waals surface area contributed by atoms with E-state index in [9.17, 15) is 0 Å². The molecule has 0 aromatic heterocycles. The first-order chi connectivity index (χ1) is 8.11. The molecule has 1 saturated heterocycles. The lowest BCUT2D eigenvalue weighted by Crippen LogP contribution is -2.56. The van der Waals surface area contributed by atoms with E-state index in [-0.39, 0.29) is 0 Å². The molecule has 1 N–H and O–H groups in total. The fourth-order valence-electron chi connectivity index (χ4n) is 2.97. The molecule has 1 aliphatic heterocycles. The van der Waals surface area contributed by atoms with E-state index < -0.39 is 0 Å². The fourth-order valence-corrected chi connectivity index (χ4v) is 3.64.